The fourth-order valence-corrected chi connectivity index (χ4v) is 2.26. The topological polar surface area (TPSA) is 55.6 Å². The molecule has 0 radical (unpaired) electrons. The second kappa shape index (κ2) is 5.68. The van der Waals surface area contributed by atoms with Gasteiger partial charge in [-0.15, -0.1) is 0 Å². The van der Waals surface area contributed by atoms with Crippen LogP contribution in [0.5, 0.6) is 0 Å². The number of amides is 1. The molecule has 0 aromatic heterocycles. The molecule has 92 valence electrons. The van der Waals surface area contributed by atoms with E-state index in [1.54, 1.807) is 0 Å². The van der Waals surface area contributed by atoms with Crippen LogP contribution in [0, 0.1) is 0 Å². The summed E-state index contributed by atoms with van der Waals surface area (Å²) in [4.78, 5) is 13.0. The highest BCUT2D eigenvalue weighted by Crippen LogP contribution is 2.15. The quantitative estimate of drug-likeness (QED) is 0.866. The molecule has 4 nitrogen and oxygen atoms in total. The zero-order valence-corrected chi connectivity index (χ0v) is 9.84. The van der Waals surface area contributed by atoms with Gasteiger partial charge < -0.3 is 10.5 Å². The Hall–Kier alpha value is -1.55. The molecule has 1 amide bonds. The third kappa shape index (κ3) is 3.75. The maximum atomic E-state index is 10.7. The number of nitrogens with two attached hydrogens (primary N) is 1. The summed E-state index contributed by atoms with van der Waals surface area (Å²) in [6.07, 6.45) is 1.24. The first kappa shape index (κ1) is 11.9. The molecule has 1 aromatic carbocycles. The number of primary amides is 1. The summed E-state index contributed by atoms with van der Waals surface area (Å²) in [6.45, 7) is 2.73. The molecule has 1 aliphatic heterocycles. The van der Waals surface area contributed by atoms with Crippen molar-refractivity contribution in [3.8, 4) is 0 Å². The maximum Gasteiger partial charge on any atom is 0.404 e. The molecule has 1 saturated heterocycles. The van der Waals surface area contributed by atoms with Crippen molar-refractivity contribution in [2.75, 3.05) is 13.1 Å². The summed E-state index contributed by atoms with van der Waals surface area (Å²) in [7, 11) is 0. The lowest BCUT2D eigenvalue weighted by Gasteiger charge is -2.31. The molecule has 2 N–H and O–H groups in total. The molecule has 17 heavy (non-hydrogen) atoms. The number of benzene rings is 1. The number of nitrogens with zero attached hydrogens (tertiary/aromatic N) is 1. The summed E-state index contributed by atoms with van der Waals surface area (Å²) < 4.78 is 5.06. The third-order valence-corrected chi connectivity index (χ3v) is 2.99. The van der Waals surface area contributed by atoms with Crippen molar-refractivity contribution in [1.29, 1.82) is 0 Å². The molecule has 0 saturated carbocycles. The first-order valence-electron chi connectivity index (χ1n) is 5.96. The molecule has 1 heterocycles. The zero-order chi connectivity index (χ0) is 12.1. The summed E-state index contributed by atoms with van der Waals surface area (Å²) in [6, 6.07) is 10.3. The van der Waals surface area contributed by atoms with Gasteiger partial charge in [-0.2, -0.15) is 0 Å². The number of carbonyl (C=O) groups is 1. The van der Waals surface area contributed by atoms with Gasteiger partial charge in [0.2, 0.25) is 0 Å². The molecule has 1 unspecified atom stereocenters. The van der Waals surface area contributed by atoms with Gasteiger partial charge >= 0.3 is 6.09 Å². The van der Waals surface area contributed by atoms with Gasteiger partial charge in [-0.3, -0.25) is 4.90 Å². The van der Waals surface area contributed by atoms with E-state index >= 15 is 0 Å². The normalized spacial score (nSPS) is 21.1. The van der Waals surface area contributed by atoms with Crippen molar-refractivity contribution in [3.05, 3.63) is 35.9 Å². The number of hydrogen-bond donors (Lipinski definition) is 1. The highest BCUT2D eigenvalue weighted by atomic mass is 16.6. The standard InChI is InChI=1S/C13H18N2O2/c14-13(16)17-12-7-4-8-15(10-12)9-11-5-2-1-3-6-11/h1-3,5-6,12H,4,7-10H2,(H2,14,16). The Bertz CT molecular complexity index is 367. The number of carbonyl (C=O) groups excluding carboxylic acids is 1. The second-order valence-electron chi connectivity index (χ2n) is 4.42. The van der Waals surface area contributed by atoms with E-state index in [0.29, 0.717) is 0 Å². The molecular weight excluding hydrogens is 216 g/mol. The van der Waals surface area contributed by atoms with Gasteiger partial charge in [0.05, 0.1) is 0 Å². The van der Waals surface area contributed by atoms with Crippen LogP contribution in [-0.2, 0) is 11.3 Å². The minimum Gasteiger partial charge on any atom is -0.445 e. The molecule has 1 fully saturated rings. The first-order valence-corrected chi connectivity index (χ1v) is 5.96. The average Bonchev–Trinajstić information content (AvgIpc) is 2.30. The van der Waals surface area contributed by atoms with E-state index < -0.39 is 6.09 Å². The third-order valence-electron chi connectivity index (χ3n) is 2.99. The Morgan fingerprint density at radius 2 is 2.18 bits per heavy atom. The van der Waals surface area contributed by atoms with Crippen molar-refractivity contribution >= 4 is 6.09 Å². The van der Waals surface area contributed by atoms with Gasteiger partial charge in [-0.1, -0.05) is 30.3 Å². The van der Waals surface area contributed by atoms with Crippen LogP contribution in [0.15, 0.2) is 30.3 Å². The lowest BCUT2D eigenvalue weighted by molar-refractivity contribution is 0.0447. The summed E-state index contributed by atoms with van der Waals surface area (Å²) in [5, 5.41) is 0. The fraction of sp³-hybridized carbons (Fsp3) is 0.462. The van der Waals surface area contributed by atoms with Gasteiger partial charge in [0.15, 0.2) is 0 Å². The average molecular weight is 234 g/mol. The Labute approximate surface area is 101 Å². The minimum atomic E-state index is -0.670. The Balaban J connectivity index is 1.87. The second-order valence-corrected chi connectivity index (χ2v) is 4.42. The number of hydrogen-bond acceptors (Lipinski definition) is 3. The van der Waals surface area contributed by atoms with Gasteiger partial charge in [0.1, 0.15) is 6.10 Å². The molecule has 1 atom stereocenters. The molecule has 0 aliphatic carbocycles. The van der Waals surface area contributed by atoms with E-state index in [1.807, 2.05) is 18.2 Å². The van der Waals surface area contributed by atoms with Crippen molar-refractivity contribution in [3.63, 3.8) is 0 Å². The first-order chi connectivity index (χ1) is 8.24. The van der Waals surface area contributed by atoms with E-state index in [1.165, 1.54) is 5.56 Å². The Morgan fingerprint density at radius 1 is 1.41 bits per heavy atom. The molecule has 1 aromatic rings. The maximum absolute atomic E-state index is 10.7. The van der Waals surface area contributed by atoms with E-state index in [9.17, 15) is 4.79 Å². The largest absolute Gasteiger partial charge is 0.445 e. The van der Waals surface area contributed by atoms with Gasteiger partial charge in [0, 0.05) is 13.1 Å². The van der Waals surface area contributed by atoms with Crippen molar-refractivity contribution in [2.24, 2.45) is 5.73 Å². The summed E-state index contributed by atoms with van der Waals surface area (Å²) in [5.74, 6) is 0. The number of likely N-dealkylation sites (tertiary alicyclic amines) is 1. The van der Waals surface area contributed by atoms with E-state index in [0.717, 1.165) is 32.5 Å². The van der Waals surface area contributed by atoms with Crippen LogP contribution < -0.4 is 5.73 Å². The number of piperidine rings is 1. The highest BCUT2D eigenvalue weighted by molar-refractivity contribution is 5.64. The minimum absolute atomic E-state index is 0.0510. The Kier molecular flexibility index (Phi) is 3.98. The highest BCUT2D eigenvalue weighted by Gasteiger charge is 2.22. The number of rotatable bonds is 3. The van der Waals surface area contributed by atoms with Crippen LogP contribution in [0.25, 0.3) is 0 Å². The van der Waals surface area contributed by atoms with Crippen LogP contribution in [0.1, 0.15) is 18.4 Å². The molecule has 0 spiro atoms. The lowest BCUT2D eigenvalue weighted by atomic mass is 10.1. The van der Waals surface area contributed by atoms with Crippen LogP contribution in [0.2, 0.25) is 0 Å². The van der Waals surface area contributed by atoms with E-state index in [2.05, 4.69) is 17.0 Å². The predicted octanol–water partition coefficient (Wildman–Crippen LogP) is 1.75. The SMILES string of the molecule is NC(=O)OC1CCCN(Cc2ccccc2)C1. The molecular formula is C13H18N2O2. The predicted molar refractivity (Wildman–Crippen MR) is 65.4 cm³/mol. The number of ether oxygens (including phenoxy) is 1. The molecule has 4 heteroatoms. The monoisotopic (exact) mass is 234 g/mol. The molecule has 1 aliphatic rings. The van der Waals surface area contributed by atoms with E-state index in [-0.39, 0.29) is 6.10 Å². The van der Waals surface area contributed by atoms with Crippen molar-refractivity contribution in [2.45, 2.75) is 25.5 Å². The molecule has 2 rings (SSSR count). The lowest BCUT2D eigenvalue weighted by Crippen LogP contribution is -2.40. The van der Waals surface area contributed by atoms with Crippen LogP contribution >= 0.6 is 0 Å². The van der Waals surface area contributed by atoms with Crippen molar-refractivity contribution in [1.82, 2.24) is 4.90 Å². The van der Waals surface area contributed by atoms with Crippen molar-refractivity contribution < 1.29 is 9.53 Å². The van der Waals surface area contributed by atoms with Gasteiger partial charge in [0.25, 0.3) is 0 Å². The zero-order valence-electron chi connectivity index (χ0n) is 9.84. The summed E-state index contributed by atoms with van der Waals surface area (Å²) >= 11 is 0. The smallest absolute Gasteiger partial charge is 0.404 e. The van der Waals surface area contributed by atoms with Crippen LogP contribution in [0.3, 0.4) is 0 Å². The summed E-state index contributed by atoms with van der Waals surface area (Å²) in [5.41, 5.74) is 6.33. The van der Waals surface area contributed by atoms with Crippen LogP contribution in [-0.4, -0.2) is 30.2 Å². The Morgan fingerprint density at radius 3 is 2.88 bits per heavy atom. The van der Waals surface area contributed by atoms with Gasteiger partial charge in [-0.05, 0) is 24.9 Å². The van der Waals surface area contributed by atoms with E-state index in [4.69, 9.17) is 10.5 Å². The van der Waals surface area contributed by atoms with Crippen LogP contribution in [0.4, 0.5) is 4.79 Å². The van der Waals surface area contributed by atoms with Gasteiger partial charge in [-0.25, -0.2) is 4.79 Å². The fourth-order valence-electron chi connectivity index (χ4n) is 2.26. The molecule has 0 bridgehead atoms.